The Bertz CT molecular complexity index is 1380. The monoisotopic (exact) mass is 545 g/mol. The predicted molar refractivity (Wildman–Crippen MR) is 132 cm³/mol. The van der Waals surface area contributed by atoms with Crippen molar-refractivity contribution in [2.45, 2.75) is 6.18 Å². The Morgan fingerprint density at radius 3 is 2.49 bits per heavy atom. The van der Waals surface area contributed by atoms with Gasteiger partial charge in [-0.3, -0.25) is 9.20 Å². The number of carbonyl (C=O) groups excluding carboxylic acids is 1. The Morgan fingerprint density at radius 1 is 1.06 bits per heavy atom. The van der Waals surface area contributed by atoms with Gasteiger partial charge < -0.3 is 16.4 Å². The van der Waals surface area contributed by atoms with Gasteiger partial charge in [0.15, 0.2) is 0 Å². The highest BCUT2D eigenvalue weighted by molar-refractivity contribution is 6.36. The number of halogens is 6. The van der Waals surface area contributed by atoms with Gasteiger partial charge in [-0.15, -0.1) is 12.4 Å². The van der Waals surface area contributed by atoms with Crippen LogP contribution < -0.4 is 16.4 Å². The van der Waals surface area contributed by atoms with Gasteiger partial charge in [0.05, 0.1) is 16.3 Å². The first-order chi connectivity index (χ1) is 16.1. The van der Waals surface area contributed by atoms with Gasteiger partial charge in [0.1, 0.15) is 17.3 Å². The molecule has 0 fully saturated rings. The van der Waals surface area contributed by atoms with E-state index in [2.05, 4.69) is 25.6 Å². The molecule has 4 rings (SSSR count). The quantitative estimate of drug-likeness (QED) is 0.211. The number of anilines is 3. The summed E-state index contributed by atoms with van der Waals surface area (Å²) in [7, 11) is 0. The fourth-order valence-corrected chi connectivity index (χ4v) is 3.67. The van der Waals surface area contributed by atoms with Gasteiger partial charge in [-0.25, -0.2) is 15.0 Å². The van der Waals surface area contributed by atoms with Crippen LogP contribution in [-0.2, 0) is 0 Å². The van der Waals surface area contributed by atoms with Crippen LogP contribution in [0.15, 0.2) is 48.8 Å². The van der Waals surface area contributed by atoms with Crippen LogP contribution in [0.3, 0.4) is 0 Å². The first-order valence-electron chi connectivity index (χ1n) is 9.79. The second-order valence-electron chi connectivity index (χ2n) is 7.05. The van der Waals surface area contributed by atoms with Crippen molar-refractivity contribution in [1.29, 1.82) is 0 Å². The van der Waals surface area contributed by atoms with Crippen LogP contribution in [0.4, 0.5) is 30.8 Å². The van der Waals surface area contributed by atoms with Crippen LogP contribution in [-0.4, -0.2) is 44.4 Å². The van der Waals surface area contributed by atoms with Gasteiger partial charge >= 0.3 is 6.18 Å². The van der Waals surface area contributed by atoms with Gasteiger partial charge in [-0.05, 0) is 30.3 Å². The van der Waals surface area contributed by atoms with E-state index in [1.807, 2.05) is 0 Å². The highest BCUT2D eigenvalue weighted by atomic mass is 35.5. The number of fused-ring (bicyclic) bond motifs is 1. The molecular formula is C21H17Cl3F3N7O. The van der Waals surface area contributed by atoms with Crippen molar-refractivity contribution >= 4 is 64.6 Å². The number of carbonyl (C=O) groups is 1. The summed E-state index contributed by atoms with van der Waals surface area (Å²) in [6, 6.07) is 9.13. The van der Waals surface area contributed by atoms with Crippen molar-refractivity contribution in [3.05, 3.63) is 64.4 Å². The predicted octanol–water partition coefficient (Wildman–Crippen LogP) is 5.37. The SMILES string of the molecule is Cl.Nc1nc(NCCNc2nc(-c3ccc(Cl)cc3Cl)cc3nccn23)ccc1C(=O)C(F)(F)F. The lowest BCUT2D eigenvalue weighted by atomic mass is 10.1. The lowest BCUT2D eigenvalue weighted by Gasteiger charge is -2.13. The minimum Gasteiger partial charge on any atom is -0.383 e. The second-order valence-corrected chi connectivity index (χ2v) is 7.90. The summed E-state index contributed by atoms with van der Waals surface area (Å²) in [4.78, 5) is 24.1. The molecular weight excluding hydrogens is 530 g/mol. The molecule has 8 nitrogen and oxygen atoms in total. The van der Waals surface area contributed by atoms with Crippen LogP contribution in [0.5, 0.6) is 0 Å². The molecule has 0 saturated heterocycles. The topological polar surface area (TPSA) is 110 Å². The molecule has 4 aromatic rings. The van der Waals surface area contributed by atoms with Crippen LogP contribution >= 0.6 is 35.6 Å². The summed E-state index contributed by atoms with van der Waals surface area (Å²) >= 11 is 12.3. The van der Waals surface area contributed by atoms with Crippen LogP contribution in [0.25, 0.3) is 16.9 Å². The highest BCUT2D eigenvalue weighted by Gasteiger charge is 2.40. The van der Waals surface area contributed by atoms with Crippen molar-refractivity contribution in [2.75, 3.05) is 29.5 Å². The number of nitrogens with two attached hydrogens (primary N) is 1. The zero-order chi connectivity index (χ0) is 24.5. The minimum atomic E-state index is -5.02. The summed E-state index contributed by atoms with van der Waals surface area (Å²) in [5.41, 5.74) is 6.76. The maximum Gasteiger partial charge on any atom is 0.455 e. The maximum atomic E-state index is 12.6. The summed E-state index contributed by atoms with van der Waals surface area (Å²) < 4.78 is 39.6. The van der Waals surface area contributed by atoms with Gasteiger partial charge in [0, 0.05) is 42.1 Å². The molecule has 0 radical (unpaired) electrons. The molecule has 0 atom stereocenters. The minimum absolute atomic E-state index is 0. The average molecular weight is 547 g/mol. The second kappa shape index (κ2) is 10.5. The van der Waals surface area contributed by atoms with E-state index in [-0.39, 0.29) is 18.2 Å². The summed E-state index contributed by atoms with van der Waals surface area (Å²) in [5.74, 6) is -1.83. The molecule has 0 aliphatic heterocycles. The lowest BCUT2D eigenvalue weighted by molar-refractivity contribution is -0.0884. The molecule has 0 spiro atoms. The first kappa shape index (κ1) is 26.3. The number of alkyl halides is 3. The zero-order valence-corrected chi connectivity index (χ0v) is 19.9. The normalized spacial score (nSPS) is 11.2. The molecule has 184 valence electrons. The van der Waals surface area contributed by atoms with Crippen LogP contribution in [0, 0.1) is 0 Å². The third-order valence-corrected chi connectivity index (χ3v) is 5.29. The molecule has 0 aliphatic carbocycles. The maximum absolute atomic E-state index is 12.6. The summed E-state index contributed by atoms with van der Waals surface area (Å²) in [6.45, 7) is 0.686. The Balaban J connectivity index is 0.00000342. The number of Topliss-reactive ketones (excluding diaryl/α,β-unsaturated/α-hetero) is 1. The number of pyridine rings is 1. The Labute approximate surface area is 213 Å². The number of hydrogen-bond acceptors (Lipinski definition) is 7. The Hall–Kier alpha value is -3.28. The van der Waals surface area contributed by atoms with E-state index >= 15 is 0 Å². The number of nitrogen functional groups attached to an aromatic ring is 1. The van der Waals surface area contributed by atoms with Crippen LogP contribution in [0.1, 0.15) is 10.4 Å². The number of ketones is 1. The Morgan fingerprint density at radius 2 is 1.80 bits per heavy atom. The molecule has 0 unspecified atom stereocenters. The van der Waals surface area contributed by atoms with Crippen molar-refractivity contribution in [2.24, 2.45) is 0 Å². The Kier molecular flexibility index (Phi) is 7.93. The van der Waals surface area contributed by atoms with Crippen LogP contribution in [0.2, 0.25) is 10.0 Å². The average Bonchev–Trinajstić information content (AvgIpc) is 3.24. The fraction of sp³-hybridized carbons (Fsp3) is 0.143. The van der Waals surface area contributed by atoms with Gasteiger partial charge in [0.2, 0.25) is 5.95 Å². The molecule has 1 aromatic carbocycles. The lowest BCUT2D eigenvalue weighted by Crippen LogP contribution is -2.24. The van der Waals surface area contributed by atoms with E-state index in [0.29, 0.717) is 46.0 Å². The van der Waals surface area contributed by atoms with Crippen molar-refractivity contribution < 1.29 is 18.0 Å². The number of rotatable bonds is 7. The molecule has 0 amide bonds. The first-order valence-corrected chi connectivity index (χ1v) is 10.5. The highest BCUT2D eigenvalue weighted by Crippen LogP contribution is 2.30. The largest absolute Gasteiger partial charge is 0.455 e. The summed E-state index contributed by atoms with van der Waals surface area (Å²) in [5, 5.41) is 7.05. The third kappa shape index (κ3) is 5.87. The van der Waals surface area contributed by atoms with Gasteiger partial charge in [0.25, 0.3) is 5.78 Å². The number of aromatic nitrogens is 4. The number of hydrogen-bond donors (Lipinski definition) is 3. The molecule has 4 N–H and O–H groups in total. The van der Waals surface area contributed by atoms with E-state index in [0.717, 1.165) is 6.07 Å². The third-order valence-electron chi connectivity index (χ3n) is 4.74. The number of imidazole rings is 1. The molecule has 0 saturated carbocycles. The van der Waals surface area contributed by atoms with E-state index in [9.17, 15) is 18.0 Å². The number of nitrogens with zero attached hydrogens (tertiary/aromatic N) is 4. The van der Waals surface area contributed by atoms with Gasteiger partial charge in [-0.2, -0.15) is 13.2 Å². The van der Waals surface area contributed by atoms with Gasteiger partial charge in [-0.1, -0.05) is 23.2 Å². The zero-order valence-electron chi connectivity index (χ0n) is 17.6. The van der Waals surface area contributed by atoms with Crippen molar-refractivity contribution in [1.82, 2.24) is 19.4 Å². The standard InChI is InChI=1S/C21H16Cl2F3N7O.ClH/c22-11-1-2-12(14(23)9-11)15-10-17-29-7-8-33(17)20(31-15)30-6-5-28-16-4-3-13(19(27)32-16)18(34)21(24,25)26;/h1-4,7-10H,5-6H2,(H,30,31)(H3,27,28,32);1H. The molecule has 0 bridgehead atoms. The van der Waals surface area contributed by atoms with Crippen molar-refractivity contribution in [3.63, 3.8) is 0 Å². The molecule has 14 heteroatoms. The van der Waals surface area contributed by atoms with E-state index < -0.39 is 23.3 Å². The molecule has 3 heterocycles. The summed E-state index contributed by atoms with van der Waals surface area (Å²) in [6.07, 6.45) is -1.65. The van der Waals surface area contributed by atoms with E-state index in [1.54, 1.807) is 41.1 Å². The molecule has 35 heavy (non-hydrogen) atoms. The molecule has 0 aliphatic rings. The van der Waals surface area contributed by atoms with Crippen molar-refractivity contribution in [3.8, 4) is 11.3 Å². The number of benzene rings is 1. The van der Waals surface area contributed by atoms with E-state index in [1.165, 1.54) is 6.07 Å². The van der Waals surface area contributed by atoms with E-state index in [4.69, 9.17) is 28.9 Å². The fourth-order valence-electron chi connectivity index (χ4n) is 3.17. The smallest absolute Gasteiger partial charge is 0.383 e. The molecule has 3 aromatic heterocycles. The number of nitrogens with one attached hydrogen (secondary N) is 2.